The first-order chi connectivity index (χ1) is 10.1. The van der Waals surface area contributed by atoms with Crippen LogP contribution in [0.4, 0.5) is 4.79 Å². The predicted molar refractivity (Wildman–Crippen MR) is 76.6 cm³/mol. The Morgan fingerprint density at radius 3 is 2.38 bits per heavy atom. The number of hydrogen-bond donors (Lipinski definition) is 3. The van der Waals surface area contributed by atoms with Gasteiger partial charge >= 0.3 is 6.03 Å². The lowest BCUT2D eigenvalue weighted by Gasteiger charge is -2.29. The fraction of sp³-hybridized carbons (Fsp3) is 0.867. The van der Waals surface area contributed by atoms with Gasteiger partial charge in [-0.25, -0.2) is 9.69 Å². The first-order valence-electron chi connectivity index (χ1n) is 8.26. The summed E-state index contributed by atoms with van der Waals surface area (Å²) in [4.78, 5) is 27.6. The largest absolute Gasteiger partial charge is 0.393 e. The zero-order chi connectivity index (χ0) is 14.9. The van der Waals surface area contributed by atoms with Crippen molar-refractivity contribution in [2.45, 2.75) is 63.0 Å². The number of piperidine rings is 1. The number of quaternary nitrogens is 1. The molecule has 6 nitrogen and oxygen atoms in total. The summed E-state index contributed by atoms with van der Waals surface area (Å²) >= 11 is 0. The van der Waals surface area contributed by atoms with E-state index in [1.54, 1.807) is 0 Å². The molecule has 0 radical (unpaired) electrons. The van der Waals surface area contributed by atoms with Crippen molar-refractivity contribution in [1.29, 1.82) is 0 Å². The number of nitrogens with zero attached hydrogens (tertiary/aromatic N) is 1. The molecular weight excluding hydrogens is 270 g/mol. The maximum absolute atomic E-state index is 12.8. The van der Waals surface area contributed by atoms with Crippen molar-refractivity contribution in [2.24, 2.45) is 0 Å². The molecule has 3 amide bonds. The van der Waals surface area contributed by atoms with E-state index in [4.69, 9.17) is 0 Å². The van der Waals surface area contributed by atoms with Crippen LogP contribution in [0.1, 0.15) is 51.4 Å². The molecular formula is C15H26N3O3+. The maximum Gasteiger partial charge on any atom is 0.329 e. The van der Waals surface area contributed by atoms with Crippen molar-refractivity contribution in [1.82, 2.24) is 10.2 Å². The lowest BCUT2D eigenvalue weighted by Crippen LogP contribution is -3.14. The van der Waals surface area contributed by atoms with Gasteiger partial charge in [0.15, 0.2) is 6.67 Å². The van der Waals surface area contributed by atoms with E-state index < -0.39 is 5.54 Å². The Balaban J connectivity index is 1.66. The summed E-state index contributed by atoms with van der Waals surface area (Å²) in [5.74, 6) is -0.0204. The highest BCUT2D eigenvalue weighted by Crippen LogP contribution is 2.32. The van der Waals surface area contributed by atoms with E-state index in [0.29, 0.717) is 6.67 Å². The average molecular weight is 296 g/mol. The van der Waals surface area contributed by atoms with Crippen molar-refractivity contribution in [2.75, 3.05) is 19.8 Å². The average Bonchev–Trinajstić information content (AvgIpc) is 2.64. The van der Waals surface area contributed by atoms with Crippen LogP contribution in [0.25, 0.3) is 0 Å². The van der Waals surface area contributed by atoms with E-state index in [2.05, 4.69) is 5.32 Å². The normalized spacial score (nSPS) is 33.1. The molecule has 2 saturated heterocycles. The van der Waals surface area contributed by atoms with Crippen molar-refractivity contribution in [3.05, 3.63) is 0 Å². The lowest BCUT2D eigenvalue weighted by molar-refractivity contribution is -0.913. The van der Waals surface area contributed by atoms with Crippen LogP contribution in [0.3, 0.4) is 0 Å². The summed E-state index contributed by atoms with van der Waals surface area (Å²) in [5.41, 5.74) is -0.623. The molecule has 2 aliphatic heterocycles. The molecule has 3 rings (SSSR count). The zero-order valence-corrected chi connectivity index (χ0v) is 12.6. The van der Waals surface area contributed by atoms with Crippen LogP contribution >= 0.6 is 0 Å². The monoisotopic (exact) mass is 296 g/mol. The molecule has 0 aromatic carbocycles. The Morgan fingerprint density at radius 1 is 1.14 bits per heavy atom. The minimum atomic E-state index is -0.623. The first kappa shape index (κ1) is 14.8. The maximum atomic E-state index is 12.8. The minimum absolute atomic E-state index is 0.0204. The van der Waals surface area contributed by atoms with Gasteiger partial charge in [0.1, 0.15) is 5.54 Å². The van der Waals surface area contributed by atoms with Gasteiger partial charge in [0, 0.05) is 12.8 Å². The Bertz CT molecular complexity index is 410. The Kier molecular flexibility index (Phi) is 4.17. The number of urea groups is 1. The highest BCUT2D eigenvalue weighted by Gasteiger charge is 2.51. The molecule has 21 heavy (non-hydrogen) atoms. The van der Waals surface area contributed by atoms with E-state index in [1.807, 2.05) is 0 Å². The molecule has 3 fully saturated rings. The minimum Gasteiger partial charge on any atom is -0.393 e. The molecule has 0 bridgehead atoms. The van der Waals surface area contributed by atoms with Crippen molar-refractivity contribution in [3.8, 4) is 0 Å². The molecule has 1 spiro atoms. The first-order valence-corrected chi connectivity index (χ1v) is 8.26. The number of likely N-dealkylation sites (tertiary alicyclic amines) is 1. The number of aliphatic hydroxyl groups is 1. The fourth-order valence-electron chi connectivity index (χ4n) is 3.88. The summed E-state index contributed by atoms with van der Waals surface area (Å²) in [5, 5.41) is 12.5. The molecule has 3 N–H and O–H groups in total. The van der Waals surface area contributed by atoms with E-state index >= 15 is 0 Å². The quantitative estimate of drug-likeness (QED) is 0.609. The van der Waals surface area contributed by atoms with Crippen molar-refractivity contribution in [3.63, 3.8) is 0 Å². The van der Waals surface area contributed by atoms with Gasteiger partial charge in [-0.05, 0) is 12.8 Å². The summed E-state index contributed by atoms with van der Waals surface area (Å²) in [6.45, 7) is 2.09. The van der Waals surface area contributed by atoms with Gasteiger partial charge < -0.3 is 15.3 Å². The van der Waals surface area contributed by atoms with Gasteiger partial charge in [-0.2, -0.15) is 0 Å². The van der Waals surface area contributed by atoms with Crippen molar-refractivity contribution < 1.29 is 19.6 Å². The summed E-state index contributed by atoms with van der Waals surface area (Å²) in [6, 6.07) is -0.222. The molecule has 0 aromatic rings. The van der Waals surface area contributed by atoms with Gasteiger partial charge in [-0.15, -0.1) is 0 Å². The number of amides is 3. The second-order valence-electron chi connectivity index (χ2n) is 6.80. The van der Waals surface area contributed by atoms with E-state index in [-0.39, 0.29) is 18.0 Å². The molecule has 118 valence electrons. The van der Waals surface area contributed by atoms with E-state index in [1.165, 1.54) is 9.80 Å². The number of imide groups is 1. The molecule has 0 unspecified atom stereocenters. The third-order valence-corrected chi connectivity index (χ3v) is 5.25. The van der Waals surface area contributed by atoms with Crippen LogP contribution in [0.5, 0.6) is 0 Å². The third-order valence-electron chi connectivity index (χ3n) is 5.25. The van der Waals surface area contributed by atoms with Crippen LogP contribution in [0.15, 0.2) is 0 Å². The zero-order valence-electron chi connectivity index (χ0n) is 12.6. The molecule has 3 aliphatic rings. The van der Waals surface area contributed by atoms with E-state index in [9.17, 15) is 14.7 Å². The molecule has 1 aliphatic carbocycles. The number of aliphatic hydroxyl groups excluding tert-OH is 1. The number of hydrogen-bond acceptors (Lipinski definition) is 3. The number of nitrogens with one attached hydrogen (secondary N) is 2. The second-order valence-corrected chi connectivity index (χ2v) is 6.80. The fourth-order valence-corrected chi connectivity index (χ4v) is 3.88. The van der Waals surface area contributed by atoms with Gasteiger partial charge in [0.05, 0.1) is 19.2 Å². The van der Waals surface area contributed by atoms with Crippen LogP contribution < -0.4 is 10.2 Å². The van der Waals surface area contributed by atoms with Gasteiger partial charge in [-0.1, -0.05) is 25.7 Å². The van der Waals surface area contributed by atoms with Crippen LogP contribution in [-0.2, 0) is 4.79 Å². The molecule has 0 aromatic heterocycles. The van der Waals surface area contributed by atoms with Crippen molar-refractivity contribution >= 4 is 11.9 Å². The van der Waals surface area contributed by atoms with Crippen LogP contribution in [0, 0.1) is 0 Å². The standard InChI is InChI=1S/C15H25N3O3/c19-12-5-9-17(10-6-12)11-18-13(20)15(16-14(18)21)7-3-1-2-4-8-15/h12,19H,1-11H2,(H,16,21)/p+1. The van der Waals surface area contributed by atoms with Gasteiger partial charge in [0.2, 0.25) is 0 Å². The number of carbonyl (C=O) groups is 2. The summed E-state index contributed by atoms with van der Waals surface area (Å²) in [6.07, 6.45) is 7.19. The Morgan fingerprint density at radius 2 is 1.76 bits per heavy atom. The molecule has 6 heteroatoms. The SMILES string of the molecule is O=C1NC2(CCCCCC2)C(=O)N1C[NH+]1CCC(O)CC1. The predicted octanol–water partition coefficient (Wildman–Crippen LogP) is -0.372. The highest BCUT2D eigenvalue weighted by molar-refractivity contribution is 6.06. The topological polar surface area (TPSA) is 74.1 Å². The number of rotatable bonds is 2. The molecule has 2 heterocycles. The van der Waals surface area contributed by atoms with Crippen LogP contribution in [0.2, 0.25) is 0 Å². The summed E-state index contributed by atoms with van der Waals surface area (Å²) < 4.78 is 0. The Labute approximate surface area is 125 Å². The molecule has 0 atom stereocenters. The smallest absolute Gasteiger partial charge is 0.329 e. The highest BCUT2D eigenvalue weighted by atomic mass is 16.3. The third kappa shape index (κ3) is 2.92. The van der Waals surface area contributed by atoms with Crippen LogP contribution in [-0.4, -0.2) is 53.3 Å². The van der Waals surface area contributed by atoms with E-state index in [0.717, 1.165) is 64.5 Å². The van der Waals surface area contributed by atoms with Gasteiger partial charge in [0.25, 0.3) is 5.91 Å². The lowest BCUT2D eigenvalue weighted by atomic mass is 9.90. The number of carbonyl (C=O) groups excluding carboxylic acids is 2. The molecule has 1 saturated carbocycles. The van der Waals surface area contributed by atoms with Gasteiger partial charge in [-0.3, -0.25) is 4.79 Å². The Hall–Kier alpha value is -1.14. The summed E-state index contributed by atoms with van der Waals surface area (Å²) in [7, 11) is 0. The second kappa shape index (κ2) is 5.93.